The molecule has 0 aliphatic carbocycles. The molecule has 4 N–H and O–H groups in total. The van der Waals surface area contributed by atoms with Gasteiger partial charge in [-0.25, -0.2) is 4.98 Å². The highest BCUT2D eigenvalue weighted by Crippen LogP contribution is 2.18. The van der Waals surface area contributed by atoms with E-state index in [-0.39, 0.29) is 5.56 Å². The van der Waals surface area contributed by atoms with Crippen LogP contribution >= 0.6 is 11.3 Å². The standard InChI is InChI=1S/C17H20N4O2S/c1-23-14-5-4-11-7-12(16(22)21-15(11)8-14)9-19-6-2-3-13-10-24-17(18)20-13/h4-5,7-8,10,19H,2-3,6,9H2,1H3,(H2,18,20)(H,21,22). The minimum Gasteiger partial charge on any atom is -0.497 e. The summed E-state index contributed by atoms with van der Waals surface area (Å²) in [6.07, 6.45) is 1.83. The van der Waals surface area contributed by atoms with Gasteiger partial charge in [0, 0.05) is 23.6 Å². The molecule has 0 saturated carbocycles. The number of nitrogens with zero attached hydrogens (tertiary/aromatic N) is 1. The van der Waals surface area contributed by atoms with Crippen molar-refractivity contribution in [3.05, 3.63) is 51.3 Å². The third-order valence-electron chi connectivity index (χ3n) is 3.80. The number of pyridine rings is 1. The lowest BCUT2D eigenvalue weighted by atomic mass is 10.1. The van der Waals surface area contributed by atoms with Crippen LogP contribution in [0.15, 0.2) is 34.4 Å². The zero-order valence-electron chi connectivity index (χ0n) is 13.5. The zero-order valence-corrected chi connectivity index (χ0v) is 14.3. The first kappa shape index (κ1) is 16.5. The lowest BCUT2D eigenvalue weighted by molar-refractivity contribution is 0.415. The van der Waals surface area contributed by atoms with Crippen LogP contribution < -0.4 is 21.3 Å². The van der Waals surface area contributed by atoms with Crippen LogP contribution in [0.4, 0.5) is 5.13 Å². The first-order valence-corrected chi connectivity index (χ1v) is 8.64. The number of methoxy groups -OCH3 is 1. The summed E-state index contributed by atoms with van der Waals surface area (Å²) in [5.74, 6) is 0.728. The molecule has 0 aliphatic heterocycles. The Labute approximate surface area is 143 Å². The Balaban J connectivity index is 1.56. The maximum Gasteiger partial charge on any atom is 0.252 e. The maximum atomic E-state index is 12.2. The van der Waals surface area contributed by atoms with Crippen LogP contribution in [0, 0.1) is 0 Å². The van der Waals surface area contributed by atoms with Gasteiger partial charge in [-0.2, -0.15) is 0 Å². The van der Waals surface area contributed by atoms with Gasteiger partial charge in [0.1, 0.15) is 5.75 Å². The quantitative estimate of drug-likeness (QED) is 0.572. The van der Waals surface area contributed by atoms with E-state index in [0.717, 1.165) is 47.3 Å². The van der Waals surface area contributed by atoms with E-state index in [1.165, 1.54) is 11.3 Å². The van der Waals surface area contributed by atoms with Crippen molar-refractivity contribution in [3.63, 3.8) is 0 Å². The van der Waals surface area contributed by atoms with Crippen LogP contribution in [0.1, 0.15) is 17.7 Å². The largest absolute Gasteiger partial charge is 0.497 e. The van der Waals surface area contributed by atoms with Crippen molar-refractivity contribution in [2.75, 3.05) is 19.4 Å². The maximum absolute atomic E-state index is 12.2. The number of aromatic amines is 1. The summed E-state index contributed by atoms with van der Waals surface area (Å²) in [6, 6.07) is 7.58. The van der Waals surface area contributed by atoms with Crippen LogP contribution in [-0.2, 0) is 13.0 Å². The van der Waals surface area contributed by atoms with E-state index < -0.39 is 0 Å². The first-order chi connectivity index (χ1) is 11.7. The van der Waals surface area contributed by atoms with Gasteiger partial charge in [-0.05, 0) is 43.0 Å². The molecule has 24 heavy (non-hydrogen) atoms. The number of nitrogens with two attached hydrogens (primary N) is 1. The van der Waals surface area contributed by atoms with E-state index in [1.54, 1.807) is 7.11 Å². The van der Waals surface area contributed by atoms with Gasteiger partial charge in [0.25, 0.3) is 5.56 Å². The smallest absolute Gasteiger partial charge is 0.252 e. The van der Waals surface area contributed by atoms with Gasteiger partial charge in [0.15, 0.2) is 5.13 Å². The van der Waals surface area contributed by atoms with Crippen LogP contribution in [0.5, 0.6) is 5.75 Å². The average Bonchev–Trinajstić information content (AvgIpc) is 2.99. The molecule has 0 saturated heterocycles. The molecule has 0 amide bonds. The molecule has 0 fully saturated rings. The number of hydrogen-bond acceptors (Lipinski definition) is 6. The number of nitrogen functional groups attached to an aromatic ring is 1. The molecule has 3 aromatic rings. The highest BCUT2D eigenvalue weighted by atomic mass is 32.1. The number of rotatable bonds is 7. The number of benzene rings is 1. The van der Waals surface area contributed by atoms with Crippen LogP contribution in [-0.4, -0.2) is 23.6 Å². The second-order valence-corrected chi connectivity index (χ2v) is 6.42. The van der Waals surface area contributed by atoms with E-state index in [0.29, 0.717) is 11.7 Å². The van der Waals surface area contributed by atoms with Gasteiger partial charge in [-0.3, -0.25) is 4.79 Å². The van der Waals surface area contributed by atoms with Crippen molar-refractivity contribution in [1.29, 1.82) is 0 Å². The predicted molar refractivity (Wildman–Crippen MR) is 97.7 cm³/mol. The molecule has 6 nitrogen and oxygen atoms in total. The number of aromatic nitrogens is 2. The lowest BCUT2D eigenvalue weighted by Gasteiger charge is -2.07. The number of hydrogen-bond donors (Lipinski definition) is 3. The third-order valence-corrected chi connectivity index (χ3v) is 4.52. The average molecular weight is 344 g/mol. The Morgan fingerprint density at radius 3 is 3.00 bits per heavy atom. The normalized spacial score (nSPS) is 11.0. The van der Waals surface area contributed by atoms with E-state index in [2.05, 4.69) is 15.3 Å². The van der Waals surface area contributed by atoms with Gasteiger partial charge in [-0.15, -0.1) is 11.3 Å². The number of ether oxygens (including phenoxy) is 1. The van der Waals surface area contributed by atoms with E-state index in [4.69, 9.17) is 10.5 Å². The number of fused-ring (bicyclic) bond motifs is 1. The molecular formula is C17H20N4O2S. The second kappa shape index (κ2) is 7.46. The summed E-state index contributed by atoms with van der Waals surface area (Å²) < 4.78 is 5.18. The Hall–Kier alpha value is -2.38. The van der Waals surface area contributed by atoms with Crippen molar-refractivity contribution in [3.8, 4) is 5.75 Å². The molecule has 126 valence electrons. The monoisotopic (exact) mass is 344 g/mol. The fraction of sp³-hybridized carbons (Fsp3) is 0.294. The van der Waals surface area contributed by atoms with Crippen molar-refractivity contribution in [1.82, 2.24) is 15.3 Å². The van der Waals surface area contributed by atoms with E-state index in [1.807, 2.05) is 29.6 Å². The SMILES string of the molecule is COc1ccc2cc(CNCCCc3csc(N)n3)c(=O)[nH]c2c1. The fourth-order valence-corrected chi connectivity index (χ4v) is 3.14. The van der Waals surface area contributed by atoms with E-state index in [9.17, 15) is 4.79 Å². The molecule has 2 heterocycles. The molecule has 1 aromatic carbocycles. The first-order valence-electron chi connectivity index (χ1n) is 7.76. The Bertz CT molecular complexity index is 888. The molecule has 0 radical (unpaired) electrons. The minimum atomic E-state index is -0.0736. The van der Waals surface area contributed by atoms with Gasteiger partial charge < -0.3 is 20.8 Å². The minimum absolute atomic E-state index is 0.0736. The van der Waals surface area contributed by atoms with Gasteiger partial charge in [0.2, 0.25) is 0 Å². The van der Waals surface area contributed by atoms with Gasteiger partial charge in [0.05, 0.1) is 18.3 Å². The number of H-pyrrole nitrogens is 1. The molecule has 3 rings (SSSR count). The second-order valence-electron chi connectivity index (χ2n) is 5.53. The number of aryl methyl sites for hydroxylation is 1. The van der Waals surface area contributed by atoms with Crippen LogP contribution in [0.2, 0.25) is 0 Å². The van der Waals surface area contributed by atoms with Crippen molar-refractivity contribution >= 4 is 27.4 Å². The highest BCUT2D eigenvalue weighted by Gasteiger charge is 2.04. The molecule has 0 bridgehead atoms. The summed E-state index contributed by atoms with van der Waals surface area (Å²) >= 11 is 1.46. The Morgan fingerprint density at radius 2 is 2.25 bits per heavy atom. The molecule has 2 aromatic heterocycles. The highest BCUT2D eigenvalue weighted by molar-refractivity contribution is 7.13. The number of thiazole rings is 1. The summed E-state index contributed by atoms with van der Waals surface area (Å²) in [7, 11) is 1.61. The zero-order chi connectivity index (χ0) is 16.9. The summed E-state index contributed by atoms with van der Waals surface area (Å²) in [5, 5.41) is 6.89. The van der Waals surface area contributed by atoms with Crippen molar-refractivity contribution in [2.24, 2.45) is 0 Å². The lowest BCUT2D eigenvalue weighted by Crippen LogP contribution is -2.22. The topological polar surface area (TPSA) is 93.0 Å². The van der Waals surface area contributed by atoms with E-state index >= 15 is 0 Å². The van der Waals surface area contributed by atoms with Crippen LogP contribution in [0.25, 0.3) is 10.9 Å². The van der Waals surface area contributed by atoms with Gasteiger partial charge >= 0.3 is 0 Å². The number of anilines is 1. The molecule has 0 atom stereocenters. The van der Waals surface area contributed by atoms with Gasteiger partial charge in [-0.1, -0.05) is 0 Å². The summed E-state index contributed by atoms with van der Waals surface area (Å²) in [4.78, 5) is 19.3. The van der Waals surface area contributed by atoms with Crippen molar-refractivity contribution < 1.29 is 4.74 Å². The summed E-state index contributed by atoms with van der Waals surface area (Å²) in [6.45, 7) is 1.36. The fourth-order valence-electron chi connectivity index (χ4n) is 2.54. The predicted octanol–water partition coefficient (Wildman–Crippen LogP) is 2.30. The summed E-state index contributed by atoms with van der Waals surface area (Å²) in [5.41, 5.74) is 8.07. The Kier molecular flexibility index (Phi) is 5.12. The third kappa shape index (κ3) is 3.93. The molecule has 0 spiro atoms. The molecular weight excluding hydrogens is 324 g/mol. The molecule has 7 heteroatoms. The van der Waals surface area contributed by atoms with Crippen molar-refractivity contribution in [2.45, 2.75) is 19.4 Å². The number of nitrogens with one attached hydrogen (secondary N) is 2. The van der Waals surface area contributed by atoms with Crippen LogP contribution in [0.3, 0.4) is 0 Å². The molecule has 0 aliphatic rings. The molecule has 0 unspecified atom stereocenters. The Morgan fingerprint density at radius 1 is 1.38 bits per heavy atom.